The largest absolute Gasteiger partial charge is 0.305 e. The molecule has 1 aromatic rings. The van der Waals surface area contributed by atoms with E-state index in [4.69, 9.17) is 5.41 Å². The van der Waals surface area contributed by atoms with Gasteiger partial charge in [-0.1, -0.05) is 0 Å². The van der Waals surface area contributed by atoms with Crippen molar-refractivity contribution in [3.8, 4) is 0 Å². The van der Waals surface area contributed by atoms with Crippen molar-refractivity contribution >= 4 is 29.1 Å². The molecule has 3 N–H and O–H groups in total. The Morgan fingerprint density at radius 2 is 2.32 bits per heavy atom. The van der Waals surface area contributed by atoms with Crippen LogP contribution < -0.4 is 10.6 Å². The third kappa shape index (κ3) is 2.66. The molecule has 0 spiro atoms. The third-order valence-electron chi connectivity index (χ3n) is 3.01. The van der Waals surface area contributed by atoms with Crippen LogP contribution in [-0.2, 0) is 16.0 Å². The second-order valence-corrected chi connectivity index (χ2v) is 5.25. The predicted molar refractivity (Wildman–Crippen MR) is 73.1 cm³/mol. The van der Waals surface area contributed by atoms with E-state index in [0.717, 1.165) is 10.4 Å². The van der Waals surface area contributed by atoms with Crippen LogP contribution in [0, 0.1) is 5.41 Å². The van der Waals surface area contributed by atoms with Crippen molar-refractivity contribution in [3.05, 3.63) is 21.9 Å². The molecule has 1 unspecified atom stereocenters. The van der Waals surface area contributed by atoms with Crippen LogP contribution >= 0.6 is 11.3 Å². The smallest absolute Gasteiger partial charge is 0.251 e. The highest BCUT2D eigenvalue weighted by Crippen LogP contribution is 2.29. The van der Waals surface area contributed by atoms with Crippen molar-refractivity contribution in [2.75, 3.05) is 13.6 Å². The number of guanidine groups is 1. The van der Waals surface area contributed by atoms with Gasteiger partial charge in [0.05, 0.1) is 0 Å². The summed E-state index contributed by atoms with van der Waals surface area (Å²) in [6, 6.07) is 1.55. The van der Waals surface area contributed by atoms with Gasteiger partial charge in [0.2, 0.25) is 11.9 Å². The Balaban J connectivity index is 2.26. The topological polar surface area (TPSA) is 85.3 Å². The van der Waals surface area contributed by atoms with Gasteiger partial charge in [-0.25, -0.2) is 0 Å². The Morgan fingerprint density at radius 3 is 2.95 bits per heavy atom. The average Bonchev–Trinajstić information content (AvgIpc) is 2.73. The number of nitrogens with one attached hydrogen (secondary N) is 3. The molecule has 0 radical (unpaired) electrons. The summed E-state index contributed by atoms with van der Waals surface area (Å²) in [5, 5.41) is 15.1. The van der Waals surface area contributed by atoms with E-state index < -0.39 is 6.04 Å². The van der Waals surface area contributed by atoms with Crippen molar-refractivity contribution < 1.29 is 9.59 Å². The summed E-state index contributed by atoms with van der Waals surface area (Å²) in [7, 11) is 1.72. The number of carbonyl (C=O) groups is 2. The van der Waals surface area contributed by atoms with Crippen LogP contribution in [0.4, 0.5) is 0 Å². The number of carbonyl (C=O) groups excluding carboxylic acids is 2. The summed E-state index contributed by atoms with van der Waals surface area (Å²) < 4.78 is 0. The molecule has 2 heterocycles. The molecule has 0 saturated carbocycles. The molecular formula is C12H16N4O2S. The molecule has 1 aliphatic rings. The molecule has 1 aliphatic heterocycles. The first-order valence-corrected chi connectivity index (χ1v) is 6.83. The van der Waals surface area contributed by atoms with Gasteiger partial charge in [-0.05, 0) is 30.5 Å². The molecule has 102 valence electrons. The minimum atomic E-state index is -0.452. The first kappa shape index (κ1) is 13.7. The van der Waals surface area contributed by atoms with Gasteiger partial charge in [0.15, 0.2) is 0 Å². The Labute approximate surface area is 115 Å². The lowest BCUT2D eigenvalue weighted by Gasteiger charge is -2.24. The fourth-order valence-electron chi connectivity index (χ4n) is 2.13. The second kappa shape index (κ2) is 5.50. The minimum absolute atomic E-state index is 0.159. The van der Waals surface area contributed by atoms with Gasteiger partial charge in [0.25, 0.3) is 5.91 Å². The molecule has 1 aromatic heterocycles. The third-order valence-corrected chi connectivity index (χ3v) is 4.04. The van der Waals surface area contributed by atoms with E-state index >= 15 is 0 Å². The lowest BCUT2D eigenvalue weighted by Crippen LogP contribution is -2.49. The summed E-state index contributed by atoms with van der Waals surface area (Å²) in [6.07, 6.45) is 0.685. The highest BCUT2D eigenvalue weighted by atomic mass is 32.1. The molecule has 6 nitrogen and oxygen atoms in total. The Kier molecular flexibility index (Phi) is 3.96. The number of nitrogens with zero attached hydrogens (tertiary/aromatic N) is 1. The molecule has 0 saturated heterocycles. The van der Waals surface area contributed by atoms with Crippen LogP contribution in [0.3, 0.4) is 0 Å². The Hall–Kier alpha value is -1.73. The van der Waals surface area contributed by atoms with E-state index in [0.29, 0.717) is 13.0 Å². The molecule has 19 heavy (non-hydrogen) atoms. The first-order valence-electron chi connectivity index (χ1n) is 5.95. The zero-order valence-electron chi connectivity index (χ0n) is 10.8. The molecular weight excluding hydrogens is 264 g/mol. The van der Waals surface area contributed by atoms with Crippen LogP contribution in [0.5, 0.6) is 0 Å². The van der Waals surface area contributed by atoms with Gasteiger partial charge in [-0.15, -0.1) is 11.3 Å². The minimum Gasteiger partial charge on any atom is -0.305 e. The van der Waals surface area contributed by atoms with Gasteiger partial charge in [-0.3, -0.25) is 25.2 Å². The number of fused-ring (bicyclic) bond motifs is 1. The Bertz CT molecular complexity index is 526. The number of thiophene rings is 1. The SMILES string of the molecule is CNC1C(=O)N(C(=N)NC(C)=O)CCc2ccsc21. The van der Waals surface area contributed by atoms with Crippen LogP contribution in [0.15, 0.2) is 11.4 Å². The summed E-state index contributed by atoms with van der Waals surface area (Å²) in [5.41, 5.74) is 1.12. The van der Waals surface area contributed by atoms with Crippen molar-refractivity contribution in [2.45, 2.75) is 19.4 Å². The summed E-state index contributed by atoms with van der Waals surface area (Å²) >= 11 is 1.53. The fourth-order valence-corrected chi connectivity index (χ4v) is 3.18. The summed E-state index contributed by atoms with van der Waals surface area (Å²) in [5.74, 6) is -0.715. The maximum atomic E-state index is 12.4. The lowest BCUT2D eigenvalue weighted by atomic mass is 10.1. The van der Waals surface area contributed by atoms with Crippen molar-refractivity contribution in [1.82, 2.24) is 15.5 Å². The average molecular weight is 280 g/mol. The van der Waals surface area contributed by atoms with E-state index in [1.165, 1.54) is 23.2 Å². The molecule has 2 rings (SSSR count). The highest BCUT2D eigenvalue weighted by molar-refractivity contribution is 7.10. The Morgan fingerprint density at radius 1 is 1.58 bits per heavy atom. The van der Waals surface area contributed by atoms with Crippen LogP contribution in [-0.4, -0.2) is 36.3 Å². The molecule has 0 bridgehead atoms. The van der Waals surface area contributed by atoms with E-state index in [2.05, 4.69) is 10.6 Å². The maximum absolute atomic E-state index is 12.4. The van der Waals surface area contributed by atoms with Crippen molar-refractivity contribution in [1.29, 1.82) is 5.41 Å². The van der Waals surface area contributed by atoms with Gasteiger partial charge in [0.1, 0.15) is 6.04 Å². The van der Waals surface area contributed by atoms with Crippen LogP contribution in [0.25, 0.3) is 0 Å². The normalized spacial score (nSPS) is 18.7. The lowest BCUT2D eigenvalue weighted by molar-refractivity contribution is -0.129. The summed E-state index contributed by atoms with van der Waals surface area (Å²) in [4.78, 5) is 25.7. The maximum Gasteiger partial charge on any atom is 0.251 e. The zero-order valence-corrected chi connectivity index (χ0v) is 11.6. The number of likely N-dealkylation sites (N-methyl/N-ethyl adjacent to an activating group) is 1. The number of hydrogen-bond donors (Lipinski definition) is 3. The molecule has 0 aromatic carbocycles. The van der Waals surface area contributed by atoms with Crippen molar-refractivity contribution in [3.63, 3.8) is 0 Å². The van der Waals surface area contributed by atoms with E-state index in [9.17, 15) is 9.59 Å². The number of hydrogen-bond acceptors (Lipinski definition) is 5. The van der Waals surface area contributed by atoms with Gasteiger partial charge < -0.3 is 5.32 Å². The number of rotatable bonds is 1. The highest BCUT2D eigenvalue weighted by Gasteiger charge is 2.32. The molecule has 0 fully saturated rings. The van der Waals surface area contributed by atoms with E-state index in [-0.39, 0.29) is 17.8 Å². The summed E-state index contributed by atoms with van der Waals surface area (Å²) in [6.45, 7) is 1.73. The van der Waals surface area contributed by atoms with E-state index in [1.807, 2.05) is 11.4 Å². The monoisotopic (exact) mass is 280 g/mol. The van der Waals surface area contributed by atoms with Crippen LogP contribution in [0.1, 0.15) is 23.4 Å². The zero-order chi connectivity index (χ0) is 14.0. The molecule has 1 atom stereocenters. The van der Waals surface area contributed by atoms with Gasteiger partial charge in [-0.2, -0.15) is 0 Å². The predicted octanol–water partition coefficient (Wildman–Crippen LogP) is 0.464. The van der Waals surface area contributed by atoms with Gasteiger partial charge >= 0.3 is 0 Å². The standard InChI is InChI=1S/C12H16N4O2S/c1-7(17)15-12(13)16-5-3-8-4-6-19-10(8)9(14-2)11(16)18/h4,6,9,14H,3,5H2,1-2H3,(H2,13,15,17). The molecule has 7 heteroatoms. The second-order valence-electron chi connectivity index (χ2n) is 4.30. The first-order chi connectivity index (χ1) is 9.04. The number of amides is 2. The molecule has 2 amide bonds. The quantitative estimate of drug-likeness (QED) is 0.516. The fraction of sp³-hybridized carbons (Fsp3) is 0.417. The van der Waals surface area contributed by atoms with E-state index in [1.54, 1.807) is 7.05 Å². The van der Waals surface area contributed by atoms with Gasteiger partial charge in [0, 0.05) is 18.3 Å². The van der Waals surface area contributed by atoms with Crippen molar-refractivity contribution in [2.24, 2.45) is 0 Å². The van der Waals surface area contributed by atoms with Crippen LogP contribution in [0.2, 0.25) is 0 Å². The molecule has 0 aliphatic carbocycles.